The Morgan fingerprint density at radius 3 is 1.94 bits per heavy atom. The average molecular weight is 232 g/mol. The number of hydrogen-bond acceptors (Lipinski definition) is 1. The van der Waals surface area contributed by atoms with E-state index in [2.05, 4.69) is 31.2 Å². The molecule has 0 aliphatic heterocycles. The molecule has 0 bridgehead atoms. The van der Waals surface area contributed by atoms with E-state index in [1.807, 2.05) is 24.3 Å². The molecule has 94 valence electrons. The smallest absolute Gasteiger partial charge is 0.119 e. The van der Waals surface area contributed by atoms with Crippen molar-refractivity contribution in [3.63, 3.8) is 0 Å². The molecule has 0 aromatic carbocycles. The molecule has 0 atom stereocenters. The highest BCUT2D eigenvalue weighted by molar-refractivity contribution is 5.48. The van der Waals surface area contributed by atoms with Gasteiger partial charge in [-0.2, -0.15) is 0 Å². The van der Waals surface area contributed by atoms with Crippen molar-refractivity contribution in [2.24, 2.45) is 0 Å². The number of hydrogen-bond donors (Lipinski definition) is 0. The van der Waals surface area contributed by atoms with Gasteiger partial charge in [-0.05, 0) is 25.7 Å². The van der Waals surface area contributed by atoms with Crippen molar-refractivity contribution in [2.75, 3.05) is 0 Å². The molecule has 0 saturated heterocycles. The minimum Gasteiger partial charge on any atom is -0.303 e. The predicted octanol–water partition coefficient (Wildman–Crippen LogP) is 4.77. The summed E-state index contributed by atoms with van der Waals surface area (Å²) in [6, 6.07) is 0. The zero-order valence-electron chi connectivity index (χ0n) is 10.8. The van der Waals surface area contributed by atoms with Crippen LogP contribution in [0.15, 0.2) is 48.6 Å². The van der Waals surface area contributed by atoms with Gasteiger partial charge in [0.15, 0.2) is 0 Å². The fourth-order valence-electron chi connectivity index (χ4n) is 1.31. The maximum absolute atomic E-state index is 10.1. The number of unbranched alkanes of at least 4 members (excludes halogenated alkanes) is 4. The molecule has 0 radical (unpaired) electrons. The fourth-order valence-corrected chi connectivity index (χ4v) is 1.31. The second kappa shape index (κ2) is 14.6. The van der Waals surface area contributed by atoms with Crippen LogP contribution in [0.2, 0.25) is 0 Å². The summed E-state index contributed by atoms with van der Waals surface area (Å²) < 4.78 is 0. The van der Waals surface area contributed by atoms with Crippen LogP contribution in [0.5, 0.6) is 0 Å². The molecule has 0 unspecified atom stereocenters. The Hall–Kier alpha value is -1.37. The Morgan fingerprint density at radius 2 is 1.29 bits per heavy atom. The van der Waals surface area contributed by atoms with Crippen LogP contribution in [0.4, 0.5) is 0 Å². The van der Waals surface area contributed by atoms with Gasteiger partial charge >= 0.3 is 0 Å². The van der Waals surface area contributed by atoms with Gasteiger partial charge in [-0.15, -0.1) is 0 Å². The molecule has 0 N–H and O–H groups in total. The lowest BCUT2D eigenvalue weighted by Crippen LogP contribution is -1.77. The van der Waals surface area contributed by atoms with E-state index in [4.69, 9.17) is 0 Å². The van der Waals surface area contributed by atoms with Crippen molar-refractivity contribution in [2.45, 2.75) is 45.4 Å². The van der Waals surface area contributed by atoms with E-state index in [1.54, 1.807) is 0 Å². The molecule has 0 fully saturated rings. The summed E-state index contributed by atoms with van der Waals surface area (Å²) in [6.45, 7) is 2.12. The van der Waals surface area contributed by atoms with Crippen LogP contribution in [-0.2, 0) is 4.79 Å². The first-order valence-electron chi connectivity index (χ1n) is 6.50. The van der Waals surface area contributed by atoms with E-state index in [9.17, 15) is 4.79 Å². The Bertz CT molecular complexity index is 269. The lowest BCUT2D eigenvalue weighted by Gasteiger charge is -1.92. The highest BCUT2D eigenvalue weighted by Crippen LogP contribution is 2.02. The largest absolute Gasteiger partial charge is 0.303 e. The predicted molar refractivity (Wildman–Crippen MR) is 76.0 cm³/mol. The molecule has 0 heterocycles. The topological polar surface area (TPSA) is 17.1 Å². The zero-order valence-corrected chi connectivity index (χ0v) is 10.8. The molecule has 0 rings (SSSR count). The average Bonchev–Trinajstić information content (AvgIpc) is 2.35. The summed E-state index contributed by atoms with van der Waals surface area (Å²) in [4.78, 5) is 10.1. The Kier molecular flexibility index (Phi) is 13.5. The van der Waals surface area contributed by atoms with Gasteiger partial charge in [0.25, 0.3) is 0 Å². The van der Waals surface area contributed by atoms with Gasteiger partial charge < -0.3 is 4.79 Å². The Balaban J connectivity index is 3.40. The molecule has 1 nitrogen and oxygen atoms in total. The normalized spacial score (nSPS) is 12.5. The summed E-state index contributed by atoms with van der Waals surface area (Å²) in [7, 11) is 0. The van der Waals surface area contributed by atoms with Crippen molar-refractivity contribution in [3.8, 4) is 0 Å². The van der Waals surface area contributed by atoms with E-state index in [1.165, 1.54) is 6.42 Å². The number of carbonyl (C=O) groups is 1. The second-order valence-electron chi connectivity index (χ2n) is 3.84. The fraction of sp³-hybridized carbons (Fsp3) is 0.438. The number of rotatable bonds is 10. The molecule has 1 heteroatoms. The minimum atomic E-state index is 0.708. The maximum Gasteiger partial charge on any atom is 0.119 e. The van der Waals surface area contributed by atoms with Crippen molar-refractivity contribution < 1.29 is 4.79 Å². The summed E-state index contributed by atoms with van der Waals surface area (Å²) >= 11 is 0. The molecule has 0 aliphatic carbocycles. The molecule has 0 aliphatic rings. The molecule has 0 aromatic heterocycles. The molecule has 0 amide bonds. The summed E-state index contributed by atoms with van der Waals surface area (Å²) in [5.74, 6) is 0. The molecule has 17 heavy (non-hydrogen) atoms. The van der Waals surface area contributed by atoms with Crippen molar-refractivity contribution in [1.82, 2.24) is 0 Å². The van der Waals surface area contributed by atoms with Gasteiger partial charge in [0.1, 0.15) is 6.29 Å². The summed E-state index contributed by atoms with van der Waals surface area (Å²) in [5.41, 5.74) is 0. The molecule has 0 saturated carbocycles. The van der Waals surface area contributed by atoms with Crippen molar-refractivity contribution >= 4 is 6.29 Å². The highest BCUT2D eigenvalue weighted by atomic mass is 16.1. The zero-order chi connectivity index (χ0) is 12.6. The van der Waals surface area contributed by atoms with Crippen LogP contribution in [0.25, 0.3) is 0 Å². The highest BCUT2D eigenvalue weighted by Gasteiger charge is 1.85. The Morgan fingerprint density at radius 1 is 0.706 bits per heavy atom. The Labute approximate surface area is 106 Å². The number of aldehydes is 1. The van der Waals surface area contributed by atoms with Crippen LogP contribution in [-0.4, -0.2) is 6.29 Å². The lowest BCUT2D eigenvalue weighted by atomic mass is 10.1. The van der Waals surface area contributed by atoms with Crippen LogP contribution in [0.3, 0.4) is 0 Å². The standard InChI is InChI=1S/C16H24O/c1-2-3-4-5-6-7-8-9-10-11-12-13-14-15-16-17/h3-10,16H,2,11-15H2,1H3. The third-order valence-corrected chi connectivity index (χ3v) is 2.26. The van der Waals surface area contributed by atoms with Crippen molar-refractivity contribution in [1.29, 1.82) is 0 Å². The van der Waals surface area contributed by atoms with Crippen LogP contribution >= 0.6 is 0 Å². The molecular weight excluding hydrogens is 208 g/mol. The van der Waals surface area contributed by atoms with E-state index in [-0.39, 0.29) is 0 Å². The van der Waals surface area contributed by atoms with Crippen molar-refractivity contribution in [3.05, 3.63) is 48.6 Å². The lowest BCUT2D eigenvalue weighted by molar-refractivity contribution is -0.107. The third-order valence-electron chi connectivity index (χ3n) is 2.26. The van der Waals surface area contributed by atoms with Gasteiger partial charge in [-0.1, -0.05) is 62.0 Å². The maximum atomic E-state index is 10.1. The summed E-state index contributed by atoms with van der Waals surface area (Å²) in [5, 5.41) is 0. The number of allylic oxidation sites excluding steroid dienone is 8. The monoisotopic (exact) mass is 232 g/mol. The van der Waals surface area contributed by atoms with Gasteiger partial charge in [0, 0.05) is 6.42 Å². The van der Waals surface area contributed by atoms with Gasteiger partial charge in [0.2, 0.25) is 0 Å². The summed E-state index contributed by atoms with van der Waals surface area (Å²) in [6.07, 6.45) is 23.8. The van der Waals surface area contributed by atoms with E-state index < -0.39 is 0 Å². The van der Waals surface area contributed by atoms with E-state index >= 15 is 0 Å². The molecule has 0 spiro atoms. The second-order valence-corrected chi connectivity index (χ2v) is 3.84. The SMILES string of the molecule is CCC=CC=CC=CC=CCCCCCC=O. The van der Waals surface area contributed by atoms with Gasteiger partial charge in [0.05, 0.1) is 0 Å². The van der Waals surface area contributed by atoms with Gasteiger partial charge in [-0.25, -0.2) is 0 Å². The molecule has 0 aromatic rings. The first-order valence-corrected chi connectivity index (χ1v) is 6.50. The first-order chi connectivity index (χ1) is 8.41. The quantitative estimate of drug-likeness (QED) is 0.301. The van der Waals surface area contributed by atoms with Gasteiger partial charge in [-0.3, -0.25) is 0 Å². The van der Waals surface area contributed by atoms with Crippen LogP contribution < -0.4 is 0 Å². The number of carbonyl (C=O) groups excluding carboxylic acids is 1. The molecular formula is C16H24O. The first kappa shape index (κ1) is 15.6. The van der Waals surface area contributed by atoms with E-state index in [0.717, 1.165) is 32.0 Å². The van der Waals surface area contributed by atoms with Crippen LogP contribution in [0, 0.1) is 0 Å². The van der Waals surface area contributed by atoms with E-state index in [0.29, 0.717) is 6.42 Å². The van der Waals surface area contributed by atoms with Crippen LogP contribution in [0.1, 0.15) is 45.4 Å². The third kappa shape index (κ3) is 14.6. The minimum absolute atomic E-state index is 0.708.